The molecule has 92 valence electrons. The summed E-state index contributed by atoms with van der Waals surface area (Å²) in [5.41, 5.74) is 0.894. The van der Waals surface area contributed by atoms with Gasteiger partial charge in [0.1, 0.15) is 11.6 Å². The summed E-state index contributed by atoms with van der Waals surface area (Å²) in [5.74, 6) is -1.17. The van der Waals surface area contributed by atoms with Gasteiger partial charge >= 0.3 is 0 Å². The lowest BCUT2D eigenvalue weighted by Gasteiger charge is -2.19. The number of benzene rings is 1. The molecule has 1 aromatic carbocycles. The minimum atomic E-state index is -0.762. The summed E-state index contributed by atoms with van der Waals surface area (Å²) in [4.78, 5) is 0. The summed E-state index contributed by atoms with van der Waals surface area (Å²) < 4.78 is 26.8. The molecule has 0 fully saturated rings. The Balaban J connectivity index is 2.12. The minimum Gasteiger partial charge on any atom is -0.388 e. The minimum absolute atomic E-state index is 0.0182. The molecule has 1 unspecified atom stereocenters. The molecule has 0 saturated heterocycles. The van der Waals surface area contributed by atoms with Crippen LogP contribution in [0.3, 0.4) is 0 Å². The normalized spacial score (nSPS) is 17.7. The van der Waals surface area contributed by atoms with E-state index in [0.717, 1.165) is 31.3 Å². The molecule has 0 aliphatic heterocycles. The standard InChI is InChI=1S/C14H16F2O/c15-12-7-4-8-13(16)11(12)9-14(17)10-5-2-1-3-6-10/h4-5,7-8,14,17H,1-3,6,9H2. The first kappa shape index (κ1) is 12.2. The highest BCUT2D eigenvalue weighted by atomic mass is 19.1. The summed E-state index contributed by atoms with van der Waals surface area (Å²) in [6.45, 7) is 0. The van der Waals surface area contributed by atoms with Gasteiger partial charge in [0.25, 0.3) is 0 Å². The quantitative estimate of drug-likeness (QED) is 0.800. The fourth-order valence-corrected chi connectivity index (χ4v) is 2.22. The number of hydrogen-bond acceptors (Lipinski definition) is 1. The van der Waals surface area contributed by atoms with Crippen LogP contribution in [-0.2, 0) is 6.42 Å². The molecule has 1 nitrogen and oxygen atoms in total. The smallest absolute Gasteiger partial charge is 0.129 e. The van der Waals surface area contributed by atoms with Crippen molar-refractivity contribution in [1.29, 1.82) is 0 Å². The third-order valence-corrected chi connectivity index (χ3v) is 3.21. The molecule has 0 aromatic heterocycles. The first-order valence-electron chi connectivity index (χ1n) is 5.98. The van der Waals surface area contributed by atoms with E-state index in [0.29, 0.717) is 0 Å². The summed E-state index contributed by atoms with van der Waals surface area (Å²) >= 11 is 0. The molecular weight excluding hydrogens is 222 g/mol. The van der Waals surface area contributed by atoms with E-state index in [1.807, 2.05) is 6.08 Å². The molecule has 17 heavy (non-hydrogen) atoms. The van der Waals surface area contributed by atoms with Crippen LogP contribution in [0.25, 0.3) is 0 Å². The van der Waals surface area contributed by atoms with Crippen LogP contribution in [0.5, 0.6) is 0 Å². The molecule has 1 aliphatic rings. The van der Waals surface area contributed by atoms with E-state index >= 15 is 0 Å². The fourth-order valence-electron chi connectivity index (χ4n) is 2.22. The Labute approximate surface area is 99.8 Å². The lowest BCUT2D eigenvalue weighted by Crippen LogP contribution is -2.17. The Hall–Kier alpha value is -1.22. The van der Waals surface area contributed by atoms with E-state index in [9.17, 15) is 13.9 Å². The largest absolute Gasteiger partial charge is 0.388 e. The predicted octanol–water partition coefficient (Wildman–Crippen LogP) is 3.37. The summed E-state index contributed by atoms with van der Waals surface area (Å²) in [6, 6.07) is 3.78. The molecule has 1 N–H and O–H groups in total. The molecule has 0 saturated carbocycles. The monoisotopic (exact) mass is 238 g/mol. The van der Waals surface area contributed by atoms with Gasteiger partial charge in [-0.25, -0.2) is 8.78 Å². The van der Waals surface area contributed by atoms with Crippen LogP contribution >= 0.6 is 0 Å². The van der Waals surface area contributed by atoms with E-state index < -0.39 is 17.7 Å². The second kappa shape index (κ2) is 5.41. The van der Waals surface area contributed by atoms with Gasteiger partial charge in [0, 0.05) is 12.0 Å². The molecule has 3 heteroatoms. The number of rotatable bonds is 3. The molecule has 0 radical (unpaired) electrons. The van der Waals surface area contributed by atoms with Gasteiger partial charge in [-0.1, -0.05) is 12.1 Å². The zero-order valence-corrected chi connectivity index (χ0v) is 9.63. The first-order chi connectivity index (χ1) is 8.18. The Morgan fingerprint density at radius 1 is 1.18 bits per heavy atom. The maximum Gasteiger partial charge on any atom is 0.129 e. The Bertz CT molecular complexity index is 406. The van der Waals surface area contributed by atoms with Crippen LogP contribution in [-0.4, -0.2) is 11.2 Å². The molecule has 0 bridgehead atoms. The van der Waals surface area contributed by atoms with Crippen molar-refractivity contribution in [2.75, 3.05) is 0 Å². The third-order valence-electron chi connectivity index (χ3n) is 3.21. The lowest BCUT2D eigenvalue weighted by molar-refractivity contribution is 0.201. The Morgan fingerprint density at radius 3 is 2.47 bits per heavy atom. The van der Waals surface area contributed by atoms with Gasteiger partial charge < -0.3 is 5.11 Å². The van der Waals surface area contributed by atoms with Gasteiger partial charge in [-0.05, 0) is 43.4 Å². The summed E-state index contributed by atoms with van der Waals surface area (Å²) in [6.07, 6.45) is 5.20. The second-order valence-electron chi connectivity index (χ2n) is 4.44. The second-order valence-corrected chi connectivity index (χ2v) is 4.44. The van der Waals surface area contributed by atoms with E-state index in [1.165, 1.54) is 18.2 Å². The van der Waals surface area contributed by atoms with Crippen LogP contribution < -0.4 is 0 Å². The van der Waals surface area contributed by atoms with Crippen molar-refractivity contribution >= 4 is 0 Å². The van der Waals surface area contributed by atoms with Gasteiger partial charge in [-0.2, -0.15) is 0 Å². The van der Waals surface area contributed by atoms with E-state index in [-0.39, 0.29) is 12.0 Å². The molecule has 2 rings (SSSR count). The highest BCUT2D eigenvalue weighted by molar-refractivity contribution is 5.23. The van der Waals surface area contributed by atoms with Gasteiger partial charge in [-0.15, -0.1) is 0 Å². The lowest BCUT2D eigenvalue weighted by atomic mass is 9.92. The van der Waals surface area contributed by atoms with Crippen molar-refractivity contribution in [3.05, 3.63) is 47.0 Å². The number of halogens is 2. The average Bonchev–Trinajstić information content (AvgIpc) is 2.35. The van der Waals surface area contributed by atoms with Crippen molar-refractivity contribution in [3.8, 4) is 0 Å². The van der Waals surface area contributed by atoms with Crippen molar-refractivity contribution in [3.63, 3.8) is 0 Å². The zero-order valence-electron chi connectivity index (χ0n) is 9.63. The molecule has 1 aliphatic carbocycles. The van der Waals surface area contributed by atoms with Crippen LogP contribution in [0, 0.1) is 11.6 Å². The van der Waals surface area contributed by atoms with Crippen molar-refractivity contribution < 1.29 is 13.9 Å². The summed E-state index contributed by atoms with van der Waals surface area (Å²) in [7, 11) is 0. The molecule has 0 amide bonds. The van der Waals surface area contributed by atoms with Gasteiger partial charge in [-0.3, -0.25) is 0 Å². The number of hydrogen-bond donors (Lipinski definition) is 1. The summed E-state index contributed by atoms with van der Waals surface area (Å²) in [5, 5.41) is 9.97. The van der Waals surface area contributed by atoms with Crippen LogP contribution in [0.1, 0.15) is 31.2 Å². The average molecular weight is 238 g/mol. The van der Waals surface area contributed by atoms with Gasteiger partial charge in [0.2, 0.25) is 0 Å². The van der Waals surface area contributed by atoms with Crippen molar-refractivity contribution in [2.24, 2.45) is 0 Å². The highest BCUT2D eigenvalue weighted by Crippen LogP contribution is 2.24. The Morgan fingerprint density at radius 2 is 1.88 bits per heavy atom. The van der Waals surface area contributed by atoms with E-state index in [1.54, 1.807) is 0 Å². The Kier molecular flexibility index (Phi) is 3.89. The number of allylic oxidation sites excluding steroid dienone is 1. The molecule has 1 atom stereocenters. The molecule has 0 spiro atoms. The SMILES string of the molecule is OC(Cc1c(F)cccc1F)C1=CCCCC1. The van der Waals surface area contributed by atoms with Gasteiger partial charge in [0.05, 0.1) is 6.10 Å². The molecular formula is C14H16F2O. The number of aliphatic hydroxyl groups excluding tert-OH is 1. The van der Waals surface area contributed by atoms with Gasteiger partial charge in [0.15, 0.2) is 0 Å². The maximum absolute atomic E-state index is 13.4. The highest BCUT2D eigenvalue weighted by Gasteiger charge is 2.18. The van der Waals surface area contributed by atoms with E-state index in [4.69, 9.17) is 0 Å². The maximum atomic E-state index is 13.4. The van der Waals surface area contributed by atoms with Crippen LogP contribution in [0.15, 0.2) is 29.8 Å². The van der Waals surface area contributed by atoms with Crippen molar-refractivity contribution in [1.82, 2.24) is 0 Å². The topological polar surface area (TPSA) is 20.2 Å². The van der Waals surface area contributed by atoms with Crippen molar-refractivity contribution in [2.45, 2.75) is 38.2 Å². The van der Waals surface area contributed by atoms with E-state index in [2.05, 4.69) is 0 Å². The van der Waals surface area contributed by atoms with Crippen LogP contribution in [0.4, 0.5) is 8.78 Å². The fraction of sp³-hybridized carbons (Fsp3) is 0.429. The third kappa shape index (κ3) is 2.91. The first-order valence-corrected chi connectivity index (χ1v) is 5.98. The molecule has 1 aromatic rings. The predicted molar refractivity (Wildman–Crippen MR) is 62.6 cm³/mol. The zero-order chi connectivity index (χ0) is 12.3. The van der Waals surface area contributed by atoms with Crippen LogP contribution in [0.2, 0.25) is 0 Å². The number of aliphatic hydroxyl groups is 1. The molecule has 0 heterocycles.